The molecule has 0 fully saturated rings. The molecule has 0 aliphatic carbocycles. The average molecular weight is 255 g/mol. The molecular formula is C12H17NO5. The Kier molecular flexibility index (Phi) is 5.70. The van der Waals surface area contributed by atoms with Gasteiger partial charge in [0.2, 0.25) is 0 Å². The number of rotatable bonds is 6. The van der Waals surface area contributed by atoms with Gasteiger partial charge in [-0.2, -0.15) is 0 Å². The second-order valence-electron chi connectivity index (χ2n) is 3.76. The van der Waals surface area contributed by atoms with Crippen molar-refractivity contribution in [3.05, 3.63) is 29.6 Å². The molecule has 1 heterocycles. The largest absolute Gasteiger partial charge is 0.466 e. The molecule has 1 aromatic heterocycles. The van der Waals surface area contributed by atoms with Gasteiger partial charge in [0.15, 0.2) is 0 Å². The Balaban J connectivity index is 2.61. The molecular weight excluding hydrogens is 238 g/mol. The molecule has 100 valence electrons. The topological polar surface area (TPSA) is 99.9 Å². The molecule has 0 saturated carbocycles. The van der Waals surface area contributed by atoms with E-state index in [1.165, 1.54) is 18.3 Å². The molecule has 0 aliphatic rings. The smallest absolute Gasteiger partial charge is 0.308 e. The third-order valence-electron chi connectivity index (χ3n) is 2.40. The number of ether oxygens (including phenoxy) is 1. The van der Waals surface area contributed by atoms with Crippen molar-refractivity contribution in [1.29, 1.82) is 0 Å². The van der Waals surface area contributed by atoms with Crippen LogP contribution in [0.1, 0.15) is 30.7 Å². The lowest BCUT2D eigenvalue weighted by molar-refractivity contribution is -0.147. The average Bonchev–Trinajstić information content (AvgIpc) is 2.38. The summed E-state index contributed by atoms with van der Waals surface area (Å²) in [5.41, 5.74) is 0.842. The van der Waals surface area contributed by atoms with Crippen molar-refractivity contribution < 1.29 is 24.9 Å². The fraction of sp³-hybridized carbons (Fsp3) is 0.500. The zero-order chi connectivity index (χ0) is 13.5. The number of aromatic nitrogens is 1. The number of carbonyl (C=O) groups excluding carboxylic acids is 1. The molecule has 1 rings (SSSR count). The number of pyridine rings is 1. The molecule has 0 radical (unpaired) electrons. The van der Waals surface area contributed by atoms with Gasteiger partial charge in [-0.1, -0.05) is 6.07 Å². The number of hydrogen-bond donors (Lipinski definition) is 3. The van der Waals surface area contributed by atoms with E-state index in [-0.39, 0.29) is 19.6 Å². The van der Waals surface area contributed by atoms with Crippen molar-refractivity contribution in [3.8, 4) is 0 Å². The SMILES string of the molecule is CCOC(=O)CC(O)C(O)c1ccc(CO)nc1. The van der Waals surface area contributed by atoms with Gasteiger partial charge in [-0.15, -0.1) is 0 Å². The first kappa shape index (κ1) is 14.6. The van der Waals surface area contributed by atoms with Gasteiger partial charge in [0.25, 0.3) is 0 Å². The van der Waals surface area contributed by atoms with Gasteiger partial charge in [0, 0.05) is 11.8 Å². The van der Waals surface area contributed by atoms with Gasteiger partial charge in [-0.3, -0.25) is 9.78 Å². The lowest BCUT2D eigenvalue weighted by Gasteiger charge is -2.17. The van der Waals surface area contributed by atoms with E-state index >= 15 is 0 Å². The molecule has 6 heteroatoms. The first-order valence-electron chi connectivity index (χ1n) is 5.66. The molecule has 1 aromatic rings. The molecule has 0 amide bonds. The summed E-state index contributed by atoms with van der Waals surface area (Å²) in [6.45, 7) is 1.70. The maximum Gasteiger partial charge on any atom is 0.308 e. The molecule has 0 saturated heterocycles. The Morgan fingerprint density at radius 2 is 2.17 bits per heavy atom. The van der Waals surface area contributed by atoms with Crippen LogP contribution in [0.15, 0.2) is 18.3 Å². The molecule has 0 aliphatic heterocycles. The van der Waals surface area contributed by atoms with Crippen LogP contribution in [-0.2, 0) is 16.1 Å². The highest BCUT2D eigenvalue weighted by molar-refractivity contribution is 5.70. The van der Waals surface area contributed by atoms with Crippen LogP contribution in [0.2, 0.25) is 0 Å². The number of hydrogen-bond acceptors (Lipinski definition) is 6. The van der Waals surface area contributed by atoms with E-state index in [0.29, 0.717) is 11.3 Å². The van der Waals surface area contributed by atoms with Crippen LogP contribution in [0.5, 0.6) is 0 Å². The van der Waals surface area contributed by atoms with Crippen LogP contribution in [0.25, 0.3) is 0 Å². The third-order valence-corrected chi connectivity index (χ3v) is 2.40. The lowest BCUT2D eigenvalue weighted by Crippen LogP contribution is -2.23. The van der Waals surface area contributed by atoms with E-state index in [9.17, 15) is 15.0 Å². The maximum absolute atomic E-state index is 11.1. The lowest BCUT2D eigenvalue weighted by atomic mass is 10.0. The third kappa shape index (κ3) is 4.06. The van der Waals surface area contributed by atoms with E-state index in [1.807, 2.05) is 0 Å². The predicted octanol–water partition coefficient (Wildman–Crippen LogP) is -0.0786. The molecule has 18 heavy (non-hydrogen) atoms. The summed E-state index contributed by atoms with van der Waals surface area (Å²) in [6, 6.07) is 3.08. The van der Waals surface area contributed by atoms with E-state index in [0.717, 1.165) is 0 Å². The summed E-state index contributed by atoms with van der Waals surface area (Å²) < 4.78 is 4.68. The molecule has 2 atom stereocenters. The number of aliphatic hydroxyl groups excluding tert-OH is 3. The van der Waals surface area contributed by atoms with Gasteiger partial charge in [-0.25, -0.2) is 0 Å². The summed E-state index contributed by atoms with van der Waals surface area (Å²) in [6.07, 6.45) is -1.39. The summed E-state index contributed by atoms with van der Waals surface area (Å²) >= 11 is 0. The number of carbonyl (C=O) groups is 1. The summed E-state index contributed by atoms with van der Waals surface area (Å²) in [5, 5.41) is 28.3. The standard InChI is InChI=1S/C12H17NO5/c1-2-18-11(16)5-10(15)12(17)8-3-4-9(7-14)13-6-8/h3-4,6,10,12,14-15,17H,2,5,7H2,1H3. The second-order valence-corrected chi connectivity index (χ2v) is 3.76. The first-order chi connectivity index (χ1) is 8.58. The molecule has 6 nitrogen and oxygen atoms in total. The van der Waals surface area contributed by atoms with E-state index in [2.05, 4.69) is 9.72 Å². The van der Waals surface area contributed by atoms with E-state index in [4.69, 9.17) is 5.11 Å². The second kappa shape index (κ2) is 7.05. The Hall–Kier alpha value is -1.50. The van der Waals surface area contributed by atoms with E-state index < -0.39 is 18.2 Å². The van der Waals surface area contributed by atoms with Crippen molar-refractivity contribution in [1.82, 2.24) is 4.98 Å². The Bertz CT molecular complexity index is 379. The summed E-state index contributed by atoms with van der Waals surface area (Å²) in [7, 11) is 0. The summed E-state index contributed by atoms with van der Waals surface area (Å²) in [5.74, 6) is -0.566. The van der Waals surface area contributed by atoms with Crippen LogP contribution in [0, 0.1) is 0 Å². The first-order valence-corrected chi connectivity index (χ1v) is 5.66. The number of esters is 1. The van der Waals surface area contributed by atoms with Crippen molar-refractivity contribution in [2.75, 3.05) is 6.61 Å². The van der Waals surface area contributed by atoms with Crippen LogP contribution in [0.4, 0.5) is 0 Å². The van der Waals surface area contributed by atoms with Crippen molar-refractivity contribution in [3.63, 3.8) is 0 Å². The molecule has 0 spiro atoms. The Labute approximate surface area is 105 Å². The minimum Gasteiger partial charge on any atom is -0.466 e. The zero-order valence-corrected chi connectivity index (χ0v) is 10.1. The van der Waals surface area contributed by atoms with Crippen molar-refractivity contribution in [2.24, 2.45) is 0 Å². The summed E-state index contributed by atoms with van der Waals surface area (Å²) in [4.78, 5) is 15.0. The van der Waals surface area contributed by atoms with Crippen LogP contribution >= 0.6 is 0 Å². The number of nitrogens with zero attached hydrogens (tertiary/aromatic N) is 1. The zero-order valence-electron chi connectivity index (χ0n) is 10.1. The minimum absolute atomic E-state index is 0.193. The highest BCUT2D eigenvalue weighted by Crippen LogP contribution is 2.18. The predicted molar refractivity (Wildman–Crippen MR) is 62.4 cm³/mol. The molecule has 2 unspecified atom stereocenters. The Morgan fingerprint density at radius 3 is 2.67 bits per heavy atom. The maximum atomic E-state index is 11.1. The molecule has 0 aromatic carbocycles. The van der Waals surface area contributed by atoms with Crippen LogP contribution in [-0.4, -0.2) is 39.0 Å². The fourth-order valence-corrected chi connectivity index (χ4v) is 1.43. The van der Waals surface area contributed by atoms with Gasteiger partial charge in [0.05, 0.1) is 31.4 Å². The van der Waals surface area contributed by atoms with Gasteiger partial charge < -0.3 is 20.1 Å². The molecule has 0 bridgehead atoms. The van der Waals surface area contributed by atoms with Gasteiger partial charge in [-0.05, 0) is 13.0 Å². The monoisotopic (exact) mass is 255 g/mol. The number of aliphatic hydroxyl groups is 3. The highest BCUT2D eigenvalue weighted by Gasteiger charge is 2.22. The van der Waals surface area contributed by atoms with Crippen LogP contribution in [0.3, 0.4) is 0 Å². The molecule has 3 N–H and O–H groups in total. The fourth-order valence-electron chi connectivity index (χ4n) is 1.43. The minimum atomic E-state index is -1.24. The van der Waals surface area contributed by atoms with Crippen molar-refractivity contribution in [2.45, 2.75) is 32.2 Å². The quantitative estimate of drug-likeness (QED) is 0.615. The normalized spacial score (nSPS) is 14.0. The van der Waals surface area contributed by atoms with E-state index in [1.54, 1.807) is 6.92 Å². The highest BCUT2D eigenvalue weighted by atomic mass is 16.5. The van der Waals surface area contributed by atoms with Crippen LogP contribution < -0.4 is 0 Å². The Morgan fingerprint density at radius 1 is 1.44 bits per heavy atom. The van der Waals surface area contributed by atoms with Gasteiger partial charge >= 0.3 is 5.97 Å². The van der Waals surface area contributed by atoms with Crippen molar-refractivity contribution >= 4 is 5.97 Å². The van der Waals surface area contributed by atoms with Gasteiger partial charge in [0.1, 0.15) is 6.10 Å².